The second-order valence-electron chi connectivity index (χ2n) is 4.68. The zero-order valence-electron chi connectivity index (χ0n) is 11.1. The Balaban J connectivity index is 2.39. The Morgan fingerprint density at radius 1 is 0.952 bits per heavy atom. The minimum absolute atomic E-state index is 0.168. The molecule has 0 heterocycles. The van der Waals surface area contributed by atoms with E-state index in [1.165, 1.54) is 0 Å². The first-order valence-electron chi connectivity index (χ1n) is 6.43. The largest absolute Gasteiger partial charge is 0.198 e. The van der Waals surface area contributed by atoms with Crippen LogP contribution in [-0.2, 0) is 0 Å². The normalized spacial score (nSPS) is 13.0. The number of halogens is 2. The summed E-state index contributed by atoms with van der Waals surface area (Å²) in [6.45, 7) is 0. The molecule has 0 radical (unpaired) electrons. The summed E-state index contributed by atoms with van der Waals surface area (Å²) in [5.41, 5.74) is 1.87. The third-order valence-corrected chi connectivity index (χ3v) is 4.16. The number of nitrogens with zero attached hydrogens (tertiary/aromatic N) is 2. The highest BCUT2D eigenvalue weighted by atomic mass is 79.9. The highest BCUT2D eigenvalue weighted by Crippen LogP contribution is 2.36. The summed E-state index contributed by atoms with van der Waals surface area (Å²) in [6.07, 6.45) is 0.288. The number of hydrogen-bond donors (Lipinski definition) is 0. The monoisotopic (exact) mass is 358 g/mol. The lowest BCUT2D eigenvalue weighted by atomic mass is 9.80. The molecule has 0 fully saturated rings. The van der Waals surface area contributed by atoms with Gasteiger partial charge in [-0.25, -0.2) is 0 Å². The molecule has 0 amide bonds. The van der Waals surface area contributed by atoms with Gasteiger partial charge in [-0.15, -0.1) is 0 Å². The molecule has 0 N–H and O–H groups in total. The van der Waals surface area contributed by atoms with Crippen molar-refractivity contribution in [3.63, 3.8) is 0 Å². The first-order valence-corrected chi connectivity index (χ1v) is 7.60. The van der Waals surface area contributed by atoms with Gasteiger partial charge in [0.05, 0.1) is 18.1 Å². The van der Waals surface area contributed by atoms with Gasteiger partial charge in [0.25, 0.3) is 0 Å². The van der Waals surface area contributed by atoms with E-state index in [4.69, 9.17) is 16.9 Å². The number of benzene rings is 2. The molecular weight excluding hydrogens is 348 g/mol. The zero-order valence-corrected chi connectivity index (χ0v) is 13.5. The van der Waals surface area contributed by atoms with Crippen molar-refractivity contribution in [2.24, 2.45) is 0 Å². The topological polar surface area (TPSA) is 47.6 Å². The SMILES string of the molecule is N#CC[C@@H](c1ccc(Cl)cc1)[C@H](C#N)c1ccc(Br)cc1. The van der Waals surface area contributed by atoms with E-state index in [9.17, 15) is 5.26 Å². The minimum Gasteiger partial charge on any atom is -0.198 e. The highest BCUT2D eigenvalue weighted by Gasteiger charge is 2.24. The van der Waals surface area contributed by atoms with Crippen molar-refractivity contribution < 1.29 is 0 Å². The van der Waals surface area contributed by atoms with Crippen molar-refractivity contribution >= 4 is 27.5 Å². The predicted octanol–water partition coefficient (Wildman–Crippen LogP) is 5.41. The molecule has 2 rings (SSSR count). The molecule has 0 unspecified atom stereocenters. The standard InChI is InChI=1S/C17H12BrClN2/c18-14-5-1-13(2-6-14)17(11-21)16(9-10-20)12-3-7-15(19)8-4-12/h1-8,16-17H,9H2/t16-,17+/m0/s1. The summed E-state index contributed by atoms with van der Waals surface area (Å²) in [7, 11) is 0. The van der Waals surface area contributed by atoms with Gasteiger partial charge < -0.3 is 0 Å². The molecule has 0 spiro atoms. The van der Waals surface area contributed by atoms with Gasteiger partial charge in [-0.2, -0.15) is 10.5 Å². The Hall–Kier alpha value is -1.81. The Kier molecular flexibility index (Phi) is 5.39. The van der Waals surface area contributed by atoms with Crippen LogP contribution in [0.25, 0.3) is 0 Å². The third-order valence-electron chi connectivity index (χ3n) is 3.38. The van der Waals surface area contributed by atoms with Crippen LogP contribution in [0.15, 0.2) is 53.0 Å². The summed E-state index contributed by atoms with van der Waals surface area (Å²) in [5.74, 6) is -0.530. The maximum absolute atomic E-state index is 9.56. The van der Waals surface area contributed by atoms with Crippen LogP contribution < -0.4 is 0 Å². The lowest BCUT2D eigenvalue weighted by molar-refractivity contribution is 0.641. The molecule has 2 atom stereocenters. The van der Waals surface area contributed by atoms with Gasteiger partial charge in [-0.1, -0.05) is 51.8 Å². The van der Waals surface area contributed by atoms with Gasteiger partial charge in [-0.05, 0) is 35.4 Å². The Morgan fingerprint density at radius 2 is 1.52 bits per heavy atom. The Labute approximate surface area is 137 Å². The van der Waals surface area contributed by atoms with E-state index in [1.54, 1.807) is 12.1 Å². The van der Waals surface area contributed by atoms with E-state index < -0.39 is 0 Å². The molecule has 4 heteroatoms. The van der Waals surface area contributed by atoms with Crippen molar-refractivity contribution in [2.45, 2.75) is 18.3 Å². The van der Waals surface area contributed by atoms with Crippen LogP contribution in [0.3, 0.4) is 0 Å². The fourth-order valence-electron chi connectivity index (χ4n) is 2.30. The van der Waals surface area contributed by atoms with Gasteiger partial charge in [-0.3, -0.25) is 0 Å². The van der Waals surface area contributed by atoms with E-state index in [0.29, 0.717) is 5.02 Å². The molecule has 0 aliphatic heterocycles. The summed E-state index contributed by atoms with van der Waals surface area (Å²) in [4.78, 5) is 0. The van der Waals surface area contributed by atoms with Crippen LogP contribution in [0.2, 0.25) is 5.02 Å². The van der Waals surface area contributed by atoms with Gasteiger partial charge in [0.15, 0.2) is 0 Å². The molecule has 0 saturated carbocycles. The molecular formula is C17H12BrClN2. The maximum atomic E-state index is 9.56. The van der Waals surface area contributed by atoms with Crippen molar-refractivity contribution in [3.8, 4) is 12.1 Å². The van der Waals surface area contributed by atoms with Crippen LogP contribution in [-0.4, -0.2) is 0 Å². The first kappa shape index (κ1) is 15.6. The average molecular weight is 360 g/mol. The van der Waals surface area contributed by atoms with E-state index in [2.05, 4.69) is 28.1 Å². The molecule has 0 aliphatic rings. The van der Waals surface area contributed by atoms with Gasteiger partial charge >= 0.3 is 0 Å². The molecule has 104 valence electrons. The van der Waals surface area contributed by atoms with Crippen LogP contribution in [0.4, 0.5) is 0 Å². The molecule has 2 aromatic rings. The lowest BCUT2D eigenvalue weighted by Gasteiger charge is -2.20. The summed E-state index contributed by atoms with van der Waals surface area (Å²) < 4.78 is 0.964. The van der Waals surface area contributed by atoms with E-state index >= 15 is 0 Å². The number of rotatable bonds is 4. The summed E-state index contributed by atoms with van der Waals surface area (Å²) in [6, 6.07) is 19.5. The molecule has 2 aromatic carbocycles. The highest BCUT2D eigenvalue weighted by molar-refractivity contribution is 9.10. The number of nitriles is 2. The molecule has 0 saturated heterocycles. The quantitative estimate of drug-likeness (QED) is 0.733. The van der Waals surface area contributed by atoms with E-state index in [0.717, 1.165) is 15.6 Å². The third kappa shape index (κ3) is 3.85. The fraction of sp³-hybridized carbons (Fsp3) is 0.176. The fourth-order valence-corrected chi connectivity index (χ4v) is 2.69. The van der Waals surface area contributed by atoms with Crippen LogP contribution in [0, 0.1) is 22.7 Å². The molecule has 2 nitrogen and oxygen atoms in total. The second-order valence-corrected chi connectivity index (χ2v) is 6.03. The van der Waals surface area contributed by atoms with Crippen molar-refractivity contribution in [1.82, 2.24) is 0 Å². The van der Waals surface area contributed by atoms with E-state index in [1.807, 2.05) is 36.4 Å². The number of hydrogen-bond acceptors (Lipinski definition) is 2. The molecule has 0 aliphatic carbocycles. The van der Waals surface area contributed by atoms with Crippen molar-refractivity contribution in [2.75, 3.05) is 0 Å². The first-order chi connectivity index (χ1) is 10.2. The Morgan fingerprint density at radius 3 is 2.05 bits per heavy atom. The minimum atomic E-state index is -0.362. The van der Waals surface area contributed by atoms with Gasteiger partial charge in [0, 0.05) is 21.8 Å². The second kappa shape index (κ2) is 7.27. The predicted molar refractivity (Wildman–Crippen MR) is 86.9 cm³/mol. The van der Waals surface area contributed by atoms with Crippen LogP contribution >= 0.6 is 27.5 Å². The van der Waals surface area contributed by atoms with Crippen molar-refractivity contribution in [3.05, 3.63) is 69.2 Å². The zero-order chi connectivity index (χ0) is 15.2. The smallest absolute Gasteiger partial charge is 0.0791 e. The van der Waals surface area contributed by atoms with Gasteiger partial charge in [0.1, 0.15) is 0 Å². The molecule has 21 heavy (non-hydrogen) atoms. The molecule has 0 bridgehead atoms. The van der Waals surface area contributed by atoms with Crippen molar-refractivity contribution in [1.29, 1.82) is 10.5 Å². The molecule has 0 aromatic heterocycles. The average Bonchev–Trinajstić information content (AvgIpc) is 2.50. The van der Waals surface area contributed by atoms with Crippen LogP contribution in [0.1, 0.15) is 29.4 Å². The summed E-state index contributed by atoms with van der Waals surface area (Å²) in [5, 5.41) is 19.3. The lowest BCUT2D eigenvalue weighted by Crippen LogP contribution is -2.09. The Bertz CT molecular complexity index is 681. The summed E-state index contributed by atoms with van der Waals surface area (Å²) >= 11 is 9.29. The van der Waals surface area contributed by atoms with Gasteiger partial charge in [0.2, 0.25) is 0 Å². The van der Waals surface area contributed by atoms with E-state index in [-0.39, 0.29) is 18.3 Å². The van der Waals surface area contributed by atoms with Crippen LogP contribution in [0.5, 0.6) is 0 Å². The maximum Gasteiger partial charge on any atom is 0.0791 e.